The Hall–Kier alpha value is -2.01. The fourth-order valence-corrected chi connectivity index (χ4v) is 2.78. The van der Waals surface area contributed by atoms with Crippen LogP contribution in [-0.2, 0) is 5.67 Å². The van der Waals surface area contributed by atoms with E-state index in [9.17, 15) is 4.79 Å². The Morgan fingerprint density at radius 2 is 1.77 bits per heavy atom. The normalized spacial score (nSPS) is 17.3. The zero-order chi connectivity index (χ0) is 15.6. The van der Waals surface area contributed by atoms with Crippen LogP contribution >= 0.6 is 11.6 Å². The Morgan fingerprint density at radius 1 is 1.09 bits per heavy atom. The lowest BCUT2D eigenvalue weighted by atomic mass is 9.86. The molecule has 0 bridgehead atoms. The smallest absolute Gasteiger partial charge is 0.274 e. The number of carbonyl (C=O) groups excluding carboxylic acids is 1. The van der Waals surface area contributed by atoms with E-state index in [2.05, 4.69) is 10.2 Å². The van der Waals surface area contributed by atoms with Gasteiger partial charge in [-0.05, 0) is 17.7 Å². The highest BCUT2D eigenvalue weighted by atomic mass is 35.5. The minimum absolute atomic E-state index is 0.232. The van der Waals surface area contributed by atoms with Crippen molar-refractivity contribution < 1.29 is 9.18 Å². The molecule has 1 saturated heterocycles. The summed E-state index contributed by atoms with van der Waals surface area (Å²) in [6, 6.07) is 12.2. The number of nitrogens with zero attached hydrogens (tertiary/aromatic N) is 3. The summed E-state index contributed by atoms with van der Waals surface area (Å²) in [5.41, 5.74) is -0.465. The van der Waals surface area contributed by atoms with Gasteiger partial charge in [-0.15, -0.1) is 10.2 Å². The first-order valence-corrected chi connectivity index (χ1v) is 7.49. The highest BCUT2D eigenvalue weighted by Crippen LogP contribution is 2.37. The van der Waals surface area contributed by atoms with Gasteiger partial charge in [-0.3, -0.25) is 4.79 Å². The van der Waals surface area contributed by atoms with Crippen molar-refractivity contribution in [3.63, 3.8) is 0 Å². The molecule has 22 heavy (non-hydrogen) atoms. The second-order valence-corrected chi connectivity index (χ2v) is 5.75. The number of amides is 1. The molecular weight excluding hydrogens is 305 g/mol. The van der Waals surface area contributed by atoms with E-state index in [4.69, 9.17) is 11.6 Å². The average molecular weight is 320 g/mol. The number of piperidine rings is 1. The molecule has 1 aliphatic rings. The summed E-state index contributed by atoms with van der Waals surface area (Å²) in [6.07, 6.45) is 0.563. The van der Waals surface area contributed by atoms with Crippen LogP contribution in [-0.4, -0.2) is 34.1 Å². The topological polar surface area (TPSA) is 46.1 Å². The van der Waals surface area contributed by atoms with Gasteiger partial charge in [0, 0.05) is 25.9 Å². The first kappa shape index (κ1) is 14.9. The third-order valence-electron chi connectivity index (χ3n) is 3.99. The number of likely N-dealkylation sites (tertiary alicyclic amines) is 1. The number of carbonyl (C=O) groups is 1. The van der Waals surface area contributed by atoms with Crippen LogP contribution in [0, 0.1) is 0 Å². The lowest BCUT2D eigenvalue weighted by Gasteiger charge is -2.36. The number of hydrogen-bond donors (Lipinski definition) is 0. The van der Waals surface area contributed by atoms with Gasteiger partial charge in [0.2, 0.25) is 0 Å². The van der Waals surface area contributed by atoms with E-state index >= 15 is 4.39 Å². The fourth-order valence-electron chi connectivity index (χ4n) is 2.68. The molecule has 0 radical (unpaired) electrons. The van der Waals surface area contributed by atoms with E-state index in [-0.39, 0.29) is 29.6 Å². The van der Waals surface area contributed by atoms with E-state index in [1.165, 1.54) is 12.1 Å². The number of alkyl halides is 1. The maximum Gasteiger partial charge on any atom is 0.274 e. The van der Waals surface area contributed by atoms with E-state index < -0.39 is 5.67 Å². The lowest BCUT2D eigenvalue weighted by Crippen LogP contribution is -2.43. The Bertz CT molecular complexity index is 655. The van der Waals surface area contributed by atoms with Crippen molar-refractivity contribution >= 4 is 17.5 Å². The number of halogens is 2. The minimum Gasteiger partial charge on any atom is -0.337 e. The summed E-state index contributed by atoms with van der Waals surface area (Å²) in [7, 11) is 0. The van der Waals surface area contributed by atoms with Crippen molar-refractivity contribution in [3.05, 3.63) is 58.9 Å². The highest BCUT2D eigenvalue weighted by molar-refractivity contribution is 6.29. The first-order chi connectivity index (χ1) is 10.6. The molecule has 1 aliphatic heterocycles. The van der Waals surface area contributed by atoms with E-state index in [0.29, 0.717) is 18.7 Å². The van der Waals surface area contributed by atoms with Crippen molar-refractivity contribution in [2.24, 2.45) is 0 Å². The van der Waals surface area contributed by atoms with Crippen LogP contribution in [0.15, 0.2) is 42.5 Å². The van der Waals surface area contributed by atoms with Crippen molar-refractivity contribution in [1.29, 1.82) is 0 Å². The van der Waals surface area contributed by atoms with Gasteiger partial charge in [0.25, 0.3) is 5.91 Å². The van der Waals surface area contributed by atoms with Crippen LogP contribution in [0.2, 0.25) is 5.15 Å². The predicted octanol–water partition coefficient (Wildman–Crippen LogP) is 3.23. The molecule has 4 nitrogen and oxygen atoms in total. The summed E-state index contributed by atoms with van der Waals surface area (Å²) in [5.74, 6) is -0.237. The molecule has 2 heterocycles. The van der Waals surface area contributed by atoms with Crippen LogP contribution in [0.5, 0.6) is 0 Å². The van der Waals surface area contributed by atoms with Gasteiger partial charge >= 0.3 is 0 Å². The lowest BCUT2D eigenvalue weighted by molar-refractivity contribution is 0.0416. The molecule has 0 saturated carbocycles. The van der Waals surface area contributed by atoms with Gasteiger partial charge < -0.3 is 4.90 Å². The molecule has 0 atom stereocenters. The van der Waals surface area contributed by atoms with Crippen molar-refractivity contribution in [2.45, 2.75) is 18.5 Å². The standard InChI is InChI=1S/C16H15ClFN3O/c17-14-7-6-13(19-20-14)15(22)21-10-8-16(18,9-11-21)12-4-2-1-3-5-12/h1-7H,8-11H2. The Kier molecular flexibility index (Phi) is 4.07. The number of hydrogen-bond acceptors (Lipinski definition) is 3. The SMILES string of the molecule is O=C(c1ccc(Cl)nn1)N1CCC(F)(c2ccccc2)CC1. The minimum atomic E-state index is -1.37. The van der Waals surface area contributed by atoms with Gasteiger partial charge in [0.05, 0.1) is 0 Å². The van der Waals surface area contributed by atoms with Gasteiger partial charge in [0.1, 0.15) is 5.67 Å². The third-order valence-corrected chi connectivity index (χ3v) is 4.19. The van der Waals surface area contributed by atoms with Crippen LogP contribution in [0.25, 0.3) is 0 Å². The molecule has 1 aromatic heterocycles. The number of rotatable bonds is 2. The number of benzene rings is 1. The van der Waals surface area contributed by atoms with Crippen LogP contribution in [0.1, 0.15) is 28.9 Å². The zero-order valence-corrected chi connectivity index (χ0v) is 12.6. The highest BCUT2D eigenvalue weighted by Gasteiger charge is 2.37. The average Bonchev–Trinajstić information content (AvgIpc) is 2.56. The number of aromatic nitrogens is 2. The molecule has 0 spiro atoms. The first-order valence-electron chi connectivity index (χ1n) is 7.11. The molecule has 0 aliphatic carbocycles. The summed E-state index contributed by atoms with van der Waals surface area (Å²) in [4.78, 5) is 13.9. The summed E-state index contributed by atoms with van der Waals surface area (Å²) in [6.45, 7) is 0.711. The van der Waals surface area contributed by atoms with Crippen LogP contribution in [0.4, 0.5) is 4.39 Å². The summed E-state index contributed by atoms with van der Waals surface area (Å²) < 4.78 is 15.0. The maximum absolute atomic E-state index is 15.0. The molecule has 0 N–H and O–H groups in total. The van der Waals surface area contributed by atoms with Crippen LogP contribution < -0.4 is 0 Å². The predicted molar refractivity (Wildman–Crippen MR) is 81.4 cm³/mol. The molecule has 1 aromatic carbocycles. The largest absolute Gasteiger partial charge is 0.337 e. The molecule has 114 valence electrons. The van der Waals surface area contributed by atoms with Gasteiger partial charge in [-0.25, -0.2) is 4.39 Å². The molecule has 1 amide bonds. The van der Waals surface area contributed by atoms with Crippen molar-refractivity contribution in [2.75, 3.05) is 13.1 Å². The van der Waals surface area contributed by atoms with Crippen molar-refractivity contribution in [1.82, 2.24) is 15.1 Å². The quantitative estimate of drug-likeness (QED) is 0.853. The zero-order valence-electron chi connectivity index (χ0n) is 11.9. The molecule has 6 heteroatoms. The second-order valence-electron chi connectivity index (χ2n) is 5.36. The van der Waals surface area contributed by atoms with E-state index in [1.54, 1.807) is 17.0 Å². The molecule has 2 aromatic rings. The van der Waals surface area contributed by atoms with Gasteiger partial charge in [-0.1, -0.05) is 41.9 Å². The third kappa shape index (κ3) is 2.95. The summed E-state index contributed by atoms with van der Waals surface area (Å²) in [5, 5.41) is 7.68. The van der Waals surface area contributed by atoms with E-state index in [1.807, 2.05) is 18.2 Å². The summed E-state index contributed by atoms with van der Waals surface area (Å²) >= 11 is 5.66. The maximum atomic E-state index is 15.0. The molecular formula is C16H15ClFN3O. The van der Waals surface area contributed by atoms with Gasteiger partial charge in [-0.2, -0.15) is 0 Å². The van der Waals surface area contributed by atoms with E-state index in [0.717, 1.165) is 0 Å². The molecule has 0 unspecified atom stereocenters. The van der Waals surface area contributed by atoms with Crippen molar-refractivity contribution in [3.8, 4) is 0 Å². The molecule has 1 fully saturated rings. The van der Waals surface area contributed by atoms with Crippen LogP contribution in [0.3, 0.4) is 0 Å². The Balaban J connectivity index is 1.69. The molecule has 3 rings (SSSR count). The van der Waals surface area contributed by atoms with Gasteiger partial charge in [0.15, 0.2) is 10.8 Å². The fraction of sp³-hybridized carbons (Fsp3) is 0.312. The Morgan fingerprint density at radius 3 is 2.36 bits per heavy atom. The monoisotopic (exact) mass is 319 g/mol. The second kappa shape index (κ2) is 6.01. The Labute approximate surface area is 132 Å².